The summed E-state index contributed by atoms with van der Waals surface area (Å²) in [4.78, 5) is 12.0. The number of benzene rings is 2. The number of primary sulfonamides is 1. The van der Waals surface area contributed by atoms with Crippen molar-refractivity contribution in [1.29, 1.82) is 0 Å². The van der Waals surface area contributed by atoms with Gasteiger partial charge in [0.2, 0.25) is 15.9 Å². The molecule has 3 aromatic rings. The van der Waals surface area contributed by atoms with E-state index in [4.69, 9.17) is 26.2 Å². The maximum Gasteiger partial charge on any atom is 0.514 e. The number of fused-ring (bicyclic) bond motifs is 1. The highest BCUT2D eigenvalue weighted by Gasteiger charge is 2.30. The Bertz CT molecular complexity index is 1220. The van der Waals surface area contributed by atoms with Crippen LogP contribution in [0, 0.1) is 0 Å². The molecule has 2 N–H and O–H groups in total. The lowest BCUT2D eigenvalue weighted by atomic mass is 9.95. The Morgan fingerprint density at radius 1 is 1.03 bits per heavy atom. The normalized spacial score (nSPS) is 13.2. The van der Waals surface area contributed by atoms with E-state index in [2.05, 4.69) is 0 Å². The van der Waals surface area contributed by atoms with Crippen LogP contribution in [0.4, 0.5) is 4.79 Å². The Morgan fingerprint density at radius 2 is 1.63 bits per heavy atom. The zero-order valence-electron chi connectivity index (χ0n) is 16.1. The summed E-state index contributed by atoms with van der Waals surface area (Å²) in [5.41, 5.74) is 4.19. The van der Waals surface area contributed by atoms with Gasteiger partial charge in [0.1, 0.15) is 0 Å². The number of sulfonamides is 1. The van der Waals surface area contributed by atoms with Crippen LogP contribution >= 0.6 is 11.6 Å². The second-order valence-electron chi connectivity index (χ2n) is 6.89. The van der Waals surface area contributed by atoms with Gasteiger partial charge >= 0.3 is 6.16 Å². The molecular formula is C21H19ClN2O5S. The lowest BCUT2D eigenvalue weighted by Gasteiger charge is -2.11. The first-order valence-electron chi connectivity index (χ1n) is 9.20. The van der Waals surface area contributed by atoms with E-state index in [1.54, 1.807) is 24.3 Å². The van der Waals surface area contributed by atoms with Crippen LogP contribution in [0.15, 0.2) is 53.4 Å². The number of nitrogens with two attached hydrogens (primary N) is 1. The van der Waals surface area contributed by atoms with Crippen LogP contribution in [0.5, 0.6) is 5.88 Å². The molecule has 0 atom stereocenters. The highest BCUT2D eigenvalue weighted by molar-refractivity contribution is 7.89. The van der Waals surface area contributed by atoms with E-state index < -0.39 is 16.2 Å². The molecule has 4 rings (SSSR count). The molecule has 156 valence electrons. The quantitative estimate of drug-likeness (QED) is 0.605. The van der Waals surface area contributed by atoms with Crippen molar-refractivity contribution in [2.45, 2.75) is 24.3 Å². The number of carbonyl (C=O) groups is 1. The maximum absolute atomic E-state index is 12.0. The molecule has 2 heterocycles. The van der Waals surface area contributed by atoms with Crippen LogP contribution < -0.4 is 9.88 Å². The largest absolute Gasteiger partial charge is 0.514 e. The van der Waals surface area contributed by atoms with E-state index in [-0.39, 0.29) is 4.90 Å². The van der Waals surface area contributed by atoms with Crippen molar-refractivity contribution in [3.63, 3.8) is 0 Å². The zero-order chi connectivity index (χ0) is 21.5. The molecule has 2 aromatic carbocycles. The highest BCUT2D eigenvalue weighted by Crippen LogP contribution is 2.47. The Morgan fingerprint density at radius 3 is 2.23 bits per heavy atom. The molecule has 1 aliphatic heterocycles. The number of rotatable bonds is 4. The van der Waals surface area contributed by atoms with Gasteiger partial charge in [0.25, 0.3) is 0 Å². The van der Waals surface area contributed by atoms with Crippen molar-refractivity contribution >= 4 is 27.8 Å². The lowest BCUT2D eigenvalue weighted by molar-refractivity contribution is 0.118. The van der Waals surface area contributed by atoms with Crippen LogP contribution in [0.3, 0.4) is 0 Å². The smallest absolute Gasteiger partial charge is 0.437 e. The highest BCUT2D eigenvalue weighted by atomic mass is 35.5. The minimum atomic E-state index is -3.80. The third-order valence-electron chi connectivity index (χ3n) is 5.07. The van der Waals surface area contributed by atoms with Gasteiger partial charge in [0.05, 0.1) is 17.6 Å². The van der Waals surface area contributed by atoms with E-state index in [1.165, 1.54) is 19.2 Å². The van der Waals surface area contributed by atoms with Crippen LogP contribution in [-0.2, 0) is 27.7 Å². The molecule has 0 radical (unpaired) electrons. The molecule has 1 aromatic heterocycles. The van der Waals surface area contributed by atoms with Gasteiger partial charge in [0, 0.05) is 22.8 Å². The molecule has 0 unspecified atom stereocenters. The van der Waals surface area contributed by atoms with E-state index in [1.807, 2.05) is 16.7 Å². The first-order valence-corrected chi connectivity index (χ1v) is 11.1. The molecular weight excluding hydrogens is 428 g/mol. The minimum Gasteiger partial charge on any atom is -0.437 e. The van der Waals surface area contributed by atoms with Gasteiger partial charge in [-0.3, -0.25) is 0 Å². The first kappa shape index (κ1) is 20.5. The van der Waals surface area contributed by atoms with Crippen molar-refractivity contribution in [1.82, 2.24) is 4.57 Å². The fourth-order valence-corrected chi connectivity index (χ4v) is 4.42. The second kappa shape index (κ2) is 7.79. The fourth-order valence-electron chi connectivity index (χ4n) is 3.78. The summed E-state index contributed by atoms with van der Waals surface area (Å²) in [7, 11) is -2.55. The summed E-state index contributed by atoms with van der Waals surface area (Å²) < 4.78 is 35.5. The molecule has 0 amide bonds. The number of halogens is 1. The van der Waals surface area contributed by atoms with Gasteiger partial charge in [-0.15, -0.1) is 0 Å². The van der Waals surface area contributed by atoms with Gasteiger partial charge in [0.15, 0.2) is 0 Å². The van der Waals surface area contributed by atoms with Gasteiger partial charge in [-0.2, -0.15) is 0 Å². The Balaban J connectivity index is 1.96. The summed E-state index contributed by atoms with van der Waals surface area (Å²) in [5.74, 6) is 0.391. The second-order valence-corrected chi connectivity index (χ2v) is 8.89. The summed E-state index contributed by atoms with van der Waals surface area (Å²) in [6, 6.07) is 13.6. The molecule has 0 spiro atoms. The summed E-state index contributed by atoms with van der Waals surface area (Å²) in [5, 5.41) is 5.81. The van der Waals surface area contributed by atoms with Crippen molar-refractivity contribution in [3.05, 3.63) is 59.2 Å². The van der Waals surface area contributed by atoms with Crippen molar-refractivity contribution < 1.29 is 22.7 Å². The van der Waals surface area contributed by atoms with E-state index >= 15 is 0 Å². The Hall–Kier alpha value is -2.81. The van der Waals surface area contributed by atoms with Gasteiger partial charge < -0.3 is 14.0 Å². The summed E-state index contributed by atoms with van der Waals surface area (Å²) >= 11 is 6.06. The van der Waals surface area contributed by atoms with Crippen LogP contribution in [-0.4, -0.2) is 26.3 Å². The molecule has 0 fully saturated rings. The molecule has 0 aliphatic carbocycles. The minimum absolute atomic E-state index is 0.0289. The van der Waals surface area contributed by atoms with Crippen LogP contribution in [0.25, 0.3) is 22.3 Å². The number of methoxy groups -OCH3 is 1. The van der Waals surface area contributed by atoms with Gasteiger partial charge in [-0.25, -0.2) is 18.4 Å². The monoisotopic (exact) mass is 446 g/mol. The Labute approximate surface area is 179 Å². The lowest BCUT2D eigenvalue weighted by Crippen LogP contribution is -2.11. The van der Waals surface area contributed by atoms with Crippen molar-refractivity contribution in [2.75, 3.05) is 7.11 Å². The third-order valence-corrected chi connectivity index (χ3v) is 6.25. The van der Waals surface area contributed by atoms with Crippen LogP contribution in [0.1, 0.15) is 12.1 Å². The maximum atomic E-state index is 12.0. The topological polar surface area (TPSA) is 101 Å². The van der Waals surface area contributed by atoms with Crippen molar-refractivity contribution in [3.8, 4) is 28.1 Å². The van der Waals surface area contributed by atoms with E-state index in [9.17, 15) is 13.2 Å². The molecule has 0 bridgehead atoms. The number of hydrogen-bond acceptors (Lipinski definition) is 5. The number of ether oxygens (including phenoxy) is 2. The van der Waals surface area contributed by atoms with E-state index in [0.29, 0.717) is 17.4 Å². The molecule has 9 heteroatoms. The predicted molar refractivity (Wildman–Crippen MR) is 113 cm³/mol. The number of aromatic nitrogens is 1. The zero-order valence-corrected chi connectivity index (χ0v) is 17.7. The first-order chi connectivity index (χ1) is 14.3. The fraction of sp³-hybridized carbons (Fsp3) is 0.190. The molecule has 30 heavy (non-hydrogen) atoms. The average molecular weight is 447 g/mol. The molecule has 0 saturated carbocycles. The number of carbonyl (C=O) groups excluding carboxylic acids is 1. The molecule has 0 saturated heterocycles. The summed E-state index contributed by atoms with van der Waals surface area (Å²) in [6.45, 7) is 0.692. The van der Waals surface area contributed by atoms with Gasteiger partial charge in [-0.05, 0) is 48.2 Å². The summed E-state index contributed by atoms with van der Waals surface area (Å²) in [6.07, 6.45) is 0.876. The van der Waals surface area contributed by atoms with Crippen LogP contribution in [0.2, 0.25) is 5.02 Å². The number of nitrogens with zero attached hydrogens (tertiary/aromatic N) is 1. The van der Waals surface area contributed by atoms with E-state index in [0.717, 1.165) is 40.8 Å². The third kappa shape index (κ3) is 3.69. The van der Waals surface area contributed by atoms with Crippen molar-refractivity contribution in [2.24, 2.45) is 5.14 Å². The molecule has 7 nitrogen and oxygen atoms in total. The SMILES string of the molecule is COC(=O)Oc1c(-c2ccc(Cl)cc2)c(-c2ccc(S(N)(=O)=O)cc2)c2n1CCC2. The number of hydrogen-bond donors (Lipinski definition) is 1. The predicted octanol–water partition coefficient (Wildman–Crippen LogP) is 4.21. The Kier molecular flexibility index (Phi) is 5.31. The molecule has 1 aliphatic rings. The average Bonchev–Trinajstić information content (AvgIpc) is 3.30. The van der Waals surface area contributed by atoms with Gasteiger partial charge in [-0.1, -0.05) is 35.9 Å². The standard InChI is InChI=1S/C21H19ClN2O5S/c1-28-21(25)29-20-19(14-4-8-15(22)9-5-14)18(17-3-2-12-24(17)20)13-6-10-16(11-7-13)30(23,26)27/h4-11H,2-3,12H2,1H3,(H2,23,26,27).